The molecule has 0 atom stereocenters. The molecule has 0 saturated carbocycles. The minimum absolute atomic E-state index is 0.808. The number of ether oxygens (including phenoxy) is 1. The van der Waals surface area contributed by atoms with E-state index in [0.717, 1.165) is 24.9 Å². The van der Waals surface area contributed by atoms with E-state index in [-0.39, 0.29) is 0 Å². The van der Waals surface area contributed by atoms with Gasteiger partial charge in [-0.25, -0.2) is 0 Å². The van der Waals surface area contributed by atoms with Gasteiger partial charge in [0.1, 0.15) is 0 Å². The molecular weight excluding hydrogens is 443 g/mol. The van der Waals surface area contributed by atoms with Crippen LogP contribution < -0.4 is 20.7 Å². The van der Waals surface area contributed by atoms with Gasteiger partial charge in [0.05, 0.1) is 0 Å². The van der Waals surface area contributed by atoms with Crippen LogP contribution in [0, 0.1) is 0 Å². The third-order valence-electron chi connectivity index (χ3n) is 6.96. The zero-order valence-electron chi connectivity index (χ0n) is 21.0. The summed E-state index contributed by atoms with van der Waals surface area (Å²) in [5.41, 5.74) is 1.36. The molecule has 182 valence electrons. The van der Waals surface area contributed by atoms with Crippen molar-refractivity contribution in [2.75, 3.05) is 6.61 Å². The zero-order valence-corrected chi connectivity index (χ0v) is 22.0. The Morgan fingerprint density at radius 1 is 0.514 bits per heavy atom. The first-order valence-electron chi connectivity index (χ1n) is 13.2. The van der Waals surface area contributed by atoms with Gasteiger partial charge in [0, 0.05) is 0 Å². The monoisotopic (exact) mass is 482 g/mol. The van der Waals surface area contributed by atoms with E-state index in [1.54, 1.807) is 0 Å². The van der Waals surface area contributed by atoms with E-state index < -0.39 is 7.26 Å². The standard InChI is InChI=1S/C33H39OP/c1-2-3-4-5-6-16-27-34-30-25-23-29(24-26-30)28-35(31-17-10-7-11-18-31,32-19-12-8-13-20-32)33-21-14-9-15-22-33/h7-15,17-26,35H,2-6,16,27-28H2,1H3. The first-order chi connectivity index (χ1) is 17.3. The van der Waals surface area contributed by atoms with Crippen LogP contribution in [0.25, 0.3) is 0 Å². The predicted octanol–water partition coefficient (Wildman–Crippen LogP) is 7.65. The third-order valence-corrected chi connectivity index (χ3v) is 11.9. The summed E-state index contributed by atoms with van der Waals surface area (Å²) in [6.07, 6.45) is 8.73. The summed E-state index contributed by atoms with van der Waals surface area (Å²) in [5.74, 6) is 0.980. The molecule has 1 nitrogen and oxygen atoms in total. The molecule has 2 heteroatoms. The SMILES string of the molecule is CCCCCCCCOc1ccc(C[PH](c2ccccc2)(c2ccccc2)c2ccccc2)cc1. The summed E-state index contributed by atoms with van der Waals surface area (Å²) in [4.78, 5) is 0. The molecule has 4 aromatic rings. The van der Waals surface area contributed by atoms with E-state index in [0.29, 0.717) is 0 Å². The molecule has 0 unspecified atom stereocenters. The van der Waals surface area contributed by atoms with Crippen LogP contribution >= 0.6 is 7.26 Å². The van der Waals surface area contributed by atoms with Crippen molar-refractivity contribution in [1.82, 2.24) is 0 Å². The quantitative estimate of drug-likeness (QED) is 0.140. The first-order valence-corrected chi connectivity index (χ1v) is 15.4. The minimum atomic E-state index is -2.27. The van der Waals surface area contributed by atoms with Crippen molar-refractivity contribution in [3.05, 3.63) is 121 Å². The molecule has 0 saturated heterocycles. The molecule has 0 aliphatic heterocycles. The molecule has 0 amide bonds. The van der Waals surface area contributed by atoms with E-state index >= 15 is 0 Å². The van der Waals surface area contributed by atoms with Crippen LogP contribution in [0.4, 0.5) is 0 Å². The molecule has 0 N–H and O–H groups in total. The van der Waals surface area contributed by atoms with Crippen molar-refractivity contribution >= 4 is 23.2 Å². The molecule has 0 bridgehead atoms. The van der Waals surface area contributed by atoms with Crippen molar-refractivity contribution in [2.45, 2.75) is 51.6 Å². The van der Waals surface area contributed by atoms with Crippen LogP contribution in [0.15, 0.2) is 115 Å². The van der Waals surface area contributed by atoms with E-state index in [1.165, 1.54) is 53.6 Å². The molecule has 35 heavy (non-hydrogen) atoms. The average Bonchev–Trinajstić information content (AvgIpc) is 2.93. The summed E-state index contributed by atoms with van der Waals surface area (Å²) in [7, 11) is -2.27. The van der Waals surface area contributed by atoms with Crippen LogP contribution in [0.1, 0.15) is 51.0 Å². The van der Waals surface area contributed by atoms with Gasteiger partial charge in [-0.05, 0) is 0 Å². The Labute approximate surface area is 212 Å². The van der Waals surface area contributed by atoms with Crippen molar-refractivity contribution in [3.63, 3.8) is 0 Å². The van der Waals surface area contributed by atoms with Crippen molar-refractivity contribution in [3.8, 4) is 5.75 Å². The van der Waals surface area contributed by atoms with Gasteiger partial charge < -0.3 is 0 Å². The zero-order chi connectivity index (χ0) is 24.2. The van der Waals surface area contributed by atoms with Crippen LogP contribution in [-0.2, 0) is 6.16 Å². The fraction of sp³-hybridized carbons (Fsp3) is 0.273. The maximum absolute atomic E-state index is 6.06. The molecule has 0 fully saturated rings. The van der Waals surface area contributed by atoms with Crippen LogP contribution in [-0.4, -0.2) is 6.61 Å². The second kappa shape index (κ2) is 13.3. The summed E-state index contributed by atoms with van der Waals surface area (Å²) in [6, 6.07) is 42.3. The molecule has 4 rings (SSSR count). The van der Waals surface area contributed by atoms with Gasteiger partial charge in [-0.1, -0.05) is 13.3 Å². The van der Waals surface area contributed by atoms with Crippen LogP contribution in [0.5, 0.6) is 5.75 Å². The third kappa shape index (κ3) is 6.62. The summed E-state index contributed by atoms with van der Waals surface area (Å²) in [5, 5.41) is 4.34. The van der Waals surface area contributed by atoms with Gasteiger partial charge in [-0.15, -0.1) is 0 Å². The van der Waals surface area contributed by atoms with Gasteiger partial charge in [-0.3, -0.25) is 0 Å². The van der Waals surface area contributed by atoms with E-state index in [4.69, 9.17) is 4.74 Å². The molecule has 0 heterocycles. The Hall–Kier alpha value is -2.89. The average molecular weight is 483 g/mol. The summed E-state index contributed by atoms with van der Waals surface area (Å²) < 4.78 is 6.06. The Bertz CT molecular complexity index is 1010. The van der Waals surface area contributed by atoms with E-state index in [9.17, 15) is 0 Å². The second-order valence-corrected chi connectivity index (χ2v) is 13.3. The second-order valence-electron chi connectivity index (χ2n) is 9.44. The summed E-state index contributed by atoms with van der Waals surface area (Å²) >= 11 is 0. The van der Waals surface area contributed by atoms with Gasteiger partial charge in [0.2, 0.25) is 0 Å². The normalized spacial score (nSPS) is 11.8. The number of hydrogen-bond donors (Lipinski definition) is 0. The molecular formula is C33H39OP. The van der Waals surface area contributed by atoms with Gasteiger partial charge in [0.15, 0.2) is 0 Å². The van der Waals surface area contributed by atoms with Crippen molar-refractivity contribution < 1.29 is 4.74 Å². The van der Waals surface area contributed by atoms with Crippen LogP contribution in [0.3, 0.4) is 0 Å². The maximum atomic E-state index is 6.06. The molecule has 0 aliphatic carbocycles. The van der Waals surface area contributed by atoms with Gasteiger partial charge in [-0.2, -0.15) is 0 Å². The van der Waals surface area contributed by atoms with Gasteiger partial charge >= 0.3 is 199 Å². The van der Waals surface area contributed by atoms with Crippen LogP contribution in [0.2, 0.25) is 0 Å². The Balaban J connectivity index is 1.57. The fourth-order valence-corrected chi connectivity index (χ4v) is 9.80. The molecule has 0 aromatic heterocycles. The Morgan fingerprint density at radius 2 is 0.971 bits per heavy atom. The van der Waals surface area contributed by atoms with Crippen molar-refractivity contribution in [2.24, 2.45) is 0 Å². The molecule has 0 radical (unpaired) electrons. The Kier molecular flexibility index (Phi) is 9.56. The first kappa shape index (κ1) is 25.2. The van der Waals surface area contributed by atoms with E-state index in [1.807, 2.05) is 0 Å². The summed E-state index contributed by atoms with van der Waals surface area (Å²) in [6.45, 7) is 3.07. The van der Waals surface area contributed by atoms with Gasteiger partial charge in [0.25, 0.3) is 0 Å². The number of rotatable bonds is 13. The fourth-order valence-electron chi connectivity index (χ4n) is 5.06. The molecule has 4 aromatic carbocycles. The predicted molar refractivity (Wildman–Crippen MR) is 156 cm³/mol. The van der Waals surface area contributed by atoms with E-state index in [2.05, 4.69) is 122 Å². The number of benzene rings is 4. The number of unbranched alkanes of at least 4 members (excludes halogenated alkanes) is 5. The number of hydrogen-bond acceptors (Lipinski definition) is 1. The molecule has 0 aliphatic rings. The molecule has 0 spiro atoms. The Morgan fingerprint density at radius 3 is 1.46 bits per heavy atom. The van der Waals surface area contributed by atoms with Crippen molar-refractivity contribution in [1.29, 1.82) is 0 Å². The topological polar surface area (TPSA) is 9.23 Å².